The third-order valence-electron chi connectivity index (χ3n) is 3.35. The first-order valence-corrected chi connectivity index (χ1v) is 8.17. The minimum absolute atomic E-state index is 0.732. The van der Waals surface area contributed by atoms with Crippen LogP contribution in [0.4, 0.5) is 11.4 Å². The van der Waals surface area contributed by atoms with Gasteiger partial charge in [0.2, 0.25) is 0 Å². The molecule has 1 saturated heterocycles. The van der Waals surface area contributed by atoms with Crippen molar-refractivity contribution < 1.29 is 4.74 Å². The van der Waals surface area contributed by atoms with Crippen molar-refractivity contribution in [3.63, 3.8) is 0 Å². The van der Waals surface area contributed by atoms with Crippen molar-refractivity contribution in [3.8, 4) is 5.75 Å². The maximum Gasteiger partial charge on any atom is 0.123 e. The van der Waals surface area contributed by atoms with Crippen molar-refractivity contribution in [1.29, 1.82) is 0 Å². The number of nitrogen functional groups attached to an aromatic ring is 1. The first-order chi connectivity index (χ1) is 9.22. The van der Waals surface area contributed by atoms with E-state index in [1.54, 1.807) is 0 Å². The number of ether oxygens (including phenoxy) is 1. The van der Waals surface area contributed by atoms with Crippen molar-refractivity contribution >= 4 is 23.1 Å². The number of thioether (sulfide) groups is 1. The Bertz CT molecular complexity index is 411. The fourth-order valence-electron chi connectivity index (χ4n) is 2.29. The number of rotatable bonds is 5. The van der Waals surface area contributed by atoms with Crippen LogP contribution >= 0.6 is 11.8 Å². The average Bonchev–Trinajstić information content (AvgIpc) is 2.44. The van der Waals surface area contributed by atoms with Crippen LogP contribution in [0, 0.1) is 0 Å². The van der Waals surface area contributed by atoms with Gasteiger partial charge in [-0.3, -0.25) is 0 Å². The molecule has 2 N–H and O–H groups in total. The molecule has 1 heterocycles. The van der Waals surface area contributed by atoms with E-state index in [4.69, 9.17) is 10.5 Å². The second-order valence-corrected chi connectivity index (χ2v) is 6.36. The molecule has 0 bridgehead atoms. The van der Waals surface area contributed by atoms with Gasteiger partial charge in [0.25, 0.3) is 0 Å². The van der Waals surface area contributed by atoms with Crippen molar-refractivity contribution in [2.24, 2.45) is 0 Å². The molecule has 1 fully saturated rings. The van der Waals surface area contributed by atoms with Gasteiger partial charge in [0.05, 0.1) is 6.61 Å². The third-order valence-corrected chi connectivity index (χ3v) is 4.72. The Morgan fingerprint density at radius 3 is 2.95 bits per heavy atom. The van der Waals surface area contributed by atoms with Crippen molar-refractivity contribution in [2.45, 2.75) is 31.9 Å². The van der Waals surface area contributed by atoms with Gasteiger partial charge in [-0.2, -0.15) is 11.8 Å². The van der Waals surface area contributed by atoms with E-state index in [9.17, 15) is 0 Å². The van der Waals surface area contributed by atoms with Gasteiger partial charge in [-0.1, -0.05) is 13.8 Å². The molecule has 0 saturated carbocycles. The molecule has 2 rings (SSSR count). The average molecular weight is 280 g/mol. The number of anilines is 2. The van der Waals surface area contributed by atoms with Gasteiger partial charge < -0.3 is 15.4 Å². The van der Waals surface area contributed by atoms with E-state index >= 15 is 0 Å². The largest absolute Gasteiger partial charge is 0.493 e. The summed E-state index contributed by atoms with van der Waals surface area (Å²) >= 11 is 2.08. The van der Waals surface area contributed by atoms with E-state index in [0.29, 0.717) is 0 Å². The molecule has 0 aliphatic carbocycles. The zero-order chi connectivity index (χ0) is 13.7. The molecule has 1 unspecified atom stereocenters. The highest BCUT2D eigenvalue weighted by Crippen LogP contribution is 2.30. The van der Waals surface area contributed by atoms with Gasteiger partial charge in [-0.15, -0.1) is 0 Å². The molecule has 3 nitrogen and oxygen atoms in total. The van der Waals surface area contributed by atoms with Gasteiger partial charge in [0.1, 0.15) is 5.75 Å². The summed E-state index contributed by atoms with van der Waals surface area (Å²) in [6.07, 6.45) is 2.24. The molecule has 1 aliphatic rings. The van der Waals surface area contributed by atoms with Crippen LogP contribution in [0.1, 0.15) is 26.7 Å². The SMILES string of the molecule is CCCOc1cc(N)cc(N2CCSC(CC)C2)c1. The number of nitrogens with two attached hydrogens (primary N) is 1. The molecule has 1 aliphatic heterocycles. The molecular formula is C15H24N2OS. The standard InChI is InChI=1S/C15H24N2OS/c1-3-6-18-14-9-12(16)8-13(10-14)17-5-7-19-15(4-2)11-17/h8-10,15H,3-7,11,16H2,1-2H3. The van der Waals surface area contributed by atoms with Gasteiger partial charge in [0, 0.05) is 47.6 Å². The predicted molar refractivity (Wildman–Crippen MR) is 85.4 cm³/mol. The van der Waals surface area contributed by atoms with E-state index in [0.717, 1.165) is 42.8 Å². The topological polar surface area (TPSA) is 38.5 Å². The Morgan fingerprint density at radius 1 is 1.37 bits per heavy atom. The molecule has 0 radical (unpaired) electrons. The lowest BCUT2D eigenvalue weighted by molar-refractivity contribution is 0.317. The Morgan fingerprint density at radius 2 is 2.21 bits per heavy atom. The Kier molecular flexibility index (Phi) is 5.25. The fourth-order valence-corrected chi connectivity index (χ4v) is 3.47. The Labute approximate surface area is 120 Å². The molecule has 19 heavy (non-hydrogen) atoms. The molecular weight excluding hydrogens is 256 g/mol. The number of hydrogen-bond donors (Lipinski definition) is 1. The van der Waals surface area contributed by atoms with Crippen LogP contribution in [-0.4, -0.2) is 30.7 Å². The maximum absolute atomic E-state index is 5.99. The molecule has 106 valence electrons. The van der Waals surface area contributed by atoms with E-state index in [1.807, 2.05) is 6.07 Å². The number of benzene rings is 1. The summed E-state index contributed by atoms with van der Waals surface area (Å²) in [6, 6.07) is 6.09. The van der Waals surface area contributed by atoms with Crippen molar-refractivity contribution in [2.75, 3.05) is 36.1 Å². The van der Waals surface area contributed by atoms with E-state index in [2.05, 4.69) is 42.6 Å². The monoisotopic (exact) mass is 280 g/mol. The fraction of sp³-hybridized carbons (Fsp3) is 0.600. The van der Waals surface area contributed by atoms with Crippen molar-refractivity contribution in [1.82, 2.24) is 0 Å². The summed E-state index contributed by atoms with van der Waals surface area (Å²) in [5.41, 5.74) is 7.98. The highest BCUT2D eigenvalue weighted by atomic mass is 32.2. The maximum atomic E-state index is 5.99. The normalized spacial score (nSPS) is 19.5. The van der Waals surface area contributed by atoms with Crippen LogP contribution in [0.5, 0.6) is 5.75 Å². The lowest BCUT2D eigenvalue weighted by Gasteiger charge is -2.34. The van der Waals surface area contributed by atoms with Gasteiger partial charge in [0.15, 0.2) is 0 Å². The molecule has 1 aromatic carbocycles. The molecule has 0 spiro atoms. The highest BCUT2D eigenvalue weighted by Gasteiger charge is 2.19. The van der Waals surface area contributed by atoms with Crippen LogP contribution in [-0.2, 0) is 0 Å². The zero-order valence-corrected chi connectivity index (χ0v) is 12.7. The summed E-state index contributed by atoms with van der Waals surface area (Å²) in [7, 11) is 0. The number of hydrogen-bond acceptors (Lipinski definition) is 4. The van der Waals surface area contributed by atoms with Crippen LogP contribution in [0.15, 0.2) is 18.2 Å². The van der Waals surface area contributed by atoms with Crippen LogP contribution in [0.3, 0.4) is 0 Å². The summed E-state index contributed by atoms with van der Waals surface area (Å²) in [6.45, 7) is 7.32. The zero-order valence-electron chi connectivity index (χ0n) is 11.9. The van der Waals surface area contributed by atoms with E-state index in [-0.39, 0.29) is 0 Å². The van der Waals surface area contributed by atoms with Crippen molar-refractivity contribution in [3.05, 3.63) is 18.2 Å². The highest BCUT2D eigenvalue weighted by molar-refractivity contribution is 8.00. The first kappa shape index (κ1) is 14.4. The minimum Gasteiger partial charge on any atom is -0.493 e. The lowest BCUT2D eigenvalue weighted by Crippen LogP contribution is -2.37. The molecule has 0 aromatic heterocycles. The molecule has 0 amide bonds. The summed E-state index contributed by atoms with van der Waals surface area (Å²) in [4.78, 5) is 2.43. The van der Waals surface area contributed by atoms with Gasteiger partial charge in [-0.25, -0.2) is 0 Å². The lowest BCUT2D eigenvalue weighted by atomic mass is 10.2. The number of nitrogens with zero attached hydrogens (tertiary/aromatic N) is 1. The van der Waals surface area contributed by atoms with Crippen LogP contribution in [0.25, 0.3) is 0 Å². The predicted octanol–water partition coefficient (Wildman–Crippen LogP) is 3.39. The Hall–Kier alpha value is -1.03. The summed E-state index contributed by atoms with van der Waals surface area (Å²) < 4.78 is 5.71. The summed E-state index contributed by atoms with van der Waals surface area (Å²) in [5.74, 6) is 2.08. The second kappa shape index (κ2) is 6.94. The molecule has 4 heteroatoms. The smallest absolute Gasteiger partial charge is 0.123 e. The summed E-state index contributed by atoms with van der Waals surface area (Å²) in [5, 5.41) is 0.732. The molecule has 1 atom stereocenters. The van der Waals surface area contributed by atoms with E-state index in [1.165, 1.54) is 17.9 Å². The quantitative estimate of drug-likeness (QED) is 0.839. The minimum atomic E-state index is 0.732. The van der Waals surface area contributed by atoms with E-state index < -0.39 is 0 Å². The Balaban J connectivity index is 2.11. The van der Waals surface area contributed by atoms with Crippen LogP contribution in [0.2, 0.25) is 0 Å². The second-order valence-electron chi connectivity index (χ2n) is 4.96. The first-order valence-electron chi connectivity index (χ1n) is 7.12. The van der Waals surface area contributed by atoms with Gasteiger partial charge in [-0.05, 0) is 18.9 Å². The van der Waals surface area contributed by atoms with Gasteiger partial charge >= 0.3 is 0 Å². The molecule has 1 aromatic rings. The van der Waals surface area contributed by atoms with Crippen LogP contribution < -0.4 is 15.4 Å². The third kappa shape index (κ3) is 3.96.